The molecule has 0 amide bonds. The minimum Gasteiger partial charge on any atom is -0.309 e. The van der Waals surface area contributed by atoms with Crippen LogP contribution in [-0.2, 0) is 0 Å². The molecule has 0 spiro atoms. The maximum absolute atomic E-state index is 4.98. The summed E-state index contributed by atoms with van der Waals surface area (Å²) in [7, 11) is 0. The predicted octanol–water partition coefficient (Wildman–Crippen LogP) is 7.43. The molecule has 34 heavy (non-hydrogen) atoms. The molecule has 0 fully saturated rings. The molecule has 164 valence electrons. The summed E-state index contributed by atoms with van der Waals surface area (Å²) < 4.78 is 2.32. The van der Waals surface area contributed by atoms with Crippen LogP contribution < -0.4 is 0 Å². The zero-order valence-corrected chi connectivity index (χ0v) is 19.2. The Balaban J connectivity index is 1.71. The molecule has 0 unspecified atom stereocenters. The van der Waals surface area contributed by atoms with Gasteiger partial charge in [-0.15, -0.1) is 0 Å². The summed E-state index contributed by atoms with van der Waals surface area (Å²) in [6.07, 6.45) is 0. The normalized spacial score (nSPS) is 11.5. The number of para-hydroxylation sites is 3. The van der Waals surface area contributed by atoms with Crippen molar-refractivity contribution in [3.8, 4) is 28.5 Å². The van der Waals surface area contributed by atoms with E-state index in [1.807, 2.05) is 36.4 Å². The van der Waals surface area contributed by atoms with Crippen LogP contribution in [-0.4, -0.2) is 19.5 Å². The van der Waals surface area contributed by atoms with E-state index in [-0.39, 0.29) is 5.92 Å². The molecule has 4 aromatic carbocycles. The fourth-order valence-electron chi connectivity index (χ4n) is 4.53. The highest BCUT2D eigenvalue weighted by Crippen LogP contribution is 2.37. The van der Waals surface area contributed by atoms with Gasteiger partial charge in [0.25, 0.3) is 0 Å². The Kier molecular flexibility index (Phi) is 4.92. The lowest BCUT2D eigenvalue weighted by molar-refractivity contribution is 0.766. The first kappa shape index (κ1) is 20.3. The maximum Gasteiger partial charge on any atom is 0.165 e. The second-order valence-electron chi connectivity index (χ2n) is 8.75. The lowest BCUT2D eigenvalue weighted by Crippen LogP contribution is -2.05. The minimum atomic E-state index is 0.184. The first-order chi connectivity index (χ1) is 16.7. The highest BCUT2D eigenvalue weighted by Gasteiger charge is 2.19. The SMILES string of the molecule is CC(C)c1nc(-c2ccccc2)nc(-c2cccc3c4ccccc4n(-c4ccccc4)c23)n1. The van der Waals surface area contributed by atoms with Gasteiger partial charge in [0.15, 0.2) is 11.6 Å². The molecule has 0 N–H and O–H groups in total. The lowest BCUT2D eigenvalue weighted by Gasteiger charge is -2.13. The molecule has 4 nitrogen and oxygen atoms in total. The van der Waals surface area contributed by atoms with E-state index in [2.05, 4.69) is 85.1 Å². The van der Waals surface area contributed by atoms with Gasteiger partial charge in [0.05, 0.1) is 11.0 Å². The van der Waals surface area contributed by atoms with Crippen LogP contribution in [0.25, 0.3) is 50.3 Å². The zero-order valence-electron chi connectivity index (χ0n) is 19.2. The van der Waals surface area contributed by atoms with Gasteiger partial charge in [0.2, 0.25) is 0 Å². The van der Waals surface area contributed by atoms with Crippen molar-refractivity contribution in [2.45, 2.75) is 19.8 Å². The average molecular weight is 441 g/mol. The average Bonchev–Trinajstić information content (AvgIpc) is 3.24. The molecule has 0 atom stereocenters. The third kappa shape index (κ3) is 3.35. The fourth-order valence-corrected chi connectivity index (χ4v) is 4.53. The molecule has 0 aliphatic carbocycles. The Morgan fingerprint density at radius 2 is 1.24 bits per heavy atom. The zero-order chi connectivity index (χ0) is 23.1. The molecule has 6 rings (SSSR count). The Morgan fingerprint density at radius 1 is 0.588 bits per heavy atom. The van der Waals surface area contributed by atoms with Crippen molar-refractivity contribution in [1.29, 1.82) is 0 Å². The summed E-state index contributed by atoms with van der Waals surface area (Å²) in [5, 5.41) is 2.40. The van der Waals surface area contributed by atoms with Crippen LogP contribution in [0.4, 0.5) is 0 Å². The summed E-state index contributed by atoms with van der Waals surface area (Å²) in [4.78, 5) is 14.7. The Hall–Kier alpha value is -4.31. The highest BCUT2D eigenvalue weighted by molar-refractivity contribution is 6.13. The standard InChI is InChI=1S/C30H24N4/c1-20(2)28-31-29(21-12-5-3-6-13-21)33-30(32-28)25-18-11-17-24-23-16-9-10-19-26(23)34(27(24)25)22-14-7-4-8-15-22/h3-20H,1-2H3. The van der Waals surface area contributed by atoms with Crippen molar-refractivity contribution in [2.75, 3.05) is 0 Å². The van der Waals surface area contributed by atoms with Crippen LogP contribution in [0.3, 0.4) is 0 Å². The number of rotatable bonds is 4. The summed E-state index contributed by atoms with van der Waals surface area (Å²) in [5.41, 5.74) is 5.37. The number of nitrogens with zero attached hydrogens (tertiary/aromatic N) is 4. The van der Waals surface area contributed by atoms with E-state index in [0.717, 1.165) is 33.7 Å². The quantitative estimate of drug-likeness (QED) is 0.286. The van der Waals surface area contributed by atoms with Crippen LogP contribution in [0.2, 0.25) is 0 Å². The molecule has 0 aliphatic rings. The number of fused-ring (bicyclic) bond motifs is 3. The van der Waals surface area contributed by atoms with Crippen LogP contribution in [0.15, 0.2) is 103 Å². The van der Waals surface area contributed by atoms with Gasteiger partial charge in [-0.05, 0) is 24.3 Å². The Labute approximate surface area is 198 Å². The summed E-state index contributed by atoms with van der Waals surface area (Å²) in [6.45, 7) is 4.24. The van der Waals surface area contributed by atoms with E-state index in [1.54, 1.807) is 0 Å². The number of benzene rings is 4. The molecule has 0 aliphatic heterocycles. The molecule has 0 saturated heterocycles. The molecule has 2 heterocycles. The van der Waals surface area contributed by atoms with Gasteiger partial charge in [-0.3, -0.25) is 0 Å². The van der Waals surface area contributed by atoms with Crippen molar-refractivity contribution in [3.63, 3.8) is 0 Å². The van der Waals surface area contributed by atoms with Crippen molar-refractivity contribution in [3.05, 3.63) is 109 Å². The van der Waals surface area contributed by atoms with Crippen molar-refractivity contribution < 1.29 is 0 Å². The largest absolute Gasteiger partial charge is 0.309 e. The number of aromatic nitrogens is 4. The van der Waals surface area contributed by atoms with E-state index < -0.39 is 0 Å². The van der Waals surface area contributed by atoms with Gasteiger partial charge < -0.3 is 4.57 Å². The third-order valence-corrected chi connectivity index (χ3v) is 6.15. The molecule has 0 saturated carbocycles. The van der Waals surface area contributed by atoms with Crippen molar-refractivity contribution >= 4 is 21.8 Å². The van der Waals surface area contributed by atoms with E-state index in [1.165, 1.54) is 10.8 Å². The molecule has 0 bridgehead atoms. The Bertz CT molecular complexity index is 1620. The van der Waals surface area contributed by atoms with E-state index in [9.17, 15) is 0 Å². The van der Waals surface area contributed by atoms with Crippen LogP contribution in [0.1, 0.15) is 25.6 Å². The fraction of sp³-hybridized carbons (Fsp3) is 0.100. The van der Waals surface area contributed by atoms with Gasteiger partial charge >= 0.3 is 0 Å². The van der Waals surface area contributed by atoms with Crippen molar-refractivity contribution in [1.82, 2.24) is 19.5 Å². The minimum absolute atomic E-state index is 0.184. The monoisotopic (exact) mass is 440 g/mol. The predicted molar refractivity (Wildman–Crippen MR) is 139 cm³/mol. The molecular formula is C30H24N4. The van der Waals surface area contributed by atoms with E-state index >= 15 is 0 Å². The molecule has 0 radical (unpaired) electrons. The molecule has 4 heteroatoms. The summed E-state index contributed by atoms with van der Waals surface area (Å²) >= 11 is 0. The lowest BCUT2D eigenvalue weighted by atomic mass is 10.1. The summed E-state index contributed by atoms with van der Waals surface area (Å²) in [5.74, 6) is 2.38. The number of hydrogen-bond acceptors (Lipinski definition) is 3. The Morgan fingerprint density at radius 3 is 2.00 bits per heavy atom. The summed E-state index contributed by atoms with van der Waals surface area (Å²) in [6, 6.07) is 35.6. The maximum atomic E-state index is 4.98. The van der Waals surface area contributed by atoms with E-state index in [0.29, 0.717) is 11.6 Å². The van der Waals surface area contributed by atoms with Gasteiger partial charge in [0, 0.05) is 33.5 Å². The smallest absolute Gasteiger partial charge is 0.165 e. The van der Waals surface area contributed by atoms with Crippen LogP contribution in [0.5, 0.6) is 0 Å². The van der Waals surface area contributed by atoms with Crippen molar-refractivity contribution in [2.24, 2.45) is 0 Å². The second kappa shape index (κ2) is 8.23. The van der Waals surface area contributed by atoms with Gasteiger partial charge in [-0.1, -0.05) is 92.7 Å². The molecule has 2 aromatic heterocycles. The first-order valence-corrected chi connectivity index (χ1v) is 11.6. The molecular weight excluding hydrogens is 416 g/mol. The van der Waals surface area contributed by atoms with Crippen LogP contribution >= 0.6 is 0 Å². The van der Waals surface area contributed by atoms with Gasteiger partial charge in [0.1, 0.15) is 5.82 Å². The second-order valence-corrected chi connectivity index (χ2v) is 8.75. The highest BCUT2D eigenvalue weighted by atomic mass is 15.0. The van der Waals surface area contributed by atoms with Crippen LogP contribution in [0, 0.1) is 0 Å². The van der Waals surface area contributed by atoms with Gasteiger partial charge in [-0.2, -0.15) is 0 Å². The number of hydrogen-bond donors (Lipinski definition) is 0. The van der Waals surface area contributed by atoms with E-state index in [4.69, 9.17) is 15.0 Å². The topological polar surface area (TPSA) is 43.6 Å². The molecule has 6 aromatic rings. The first-order valence-electron chi connectivity index (χ1n) is 11.6. The van der Waals surface area contributed by atoms with Gasteiger partial charge in [-0.25, -0.2) is 15.0 Å². The third-order valence-electron chi connectivity index (χ3n) is 6.15.